The molecule has 2 heterocycles. The molecule has 0 fully saturated rings. The first-order valence-electron chi connectivity index (χ1n) is 6.51. The topological polar surface area (TPSA) is 8.17 Å². The van der Waals surface area contributed by atoms with Gasteiger partial charge >= 0.3 is 0 Å². The van der Waals surface area contributed by atoms with E-state index in [1.165, 1.54) is 22.2 Å². The van der Waals surface area contributed by atoms with Gasteiger partial charge in [0.05, 0.1) is 11.2 Å². The summed E-state index contributed by atoms with van der Waals surface area (Å²) in [5, 5.41) is 5.61. The van der Waals surface area contributed by atoms with E-state index in [9.17, 15) is 0 Å². The highest BCUT2D eigenvalue weighted by Gasteiger charge is 2.05. The molecule has 3 rings (SSSR count). The minimum Gasteiger partial charge on any atom is -0.316 e. The van der Waals surface area contributed by atoms with Gasteiger partial charge in [-0.15, -0.1) is 0 Å². The molecular weight excluding hydrogens is 252 g/mol. The molecule has 0 aliphatic carbocycles. The summed E-state index contributed by atoms with van der Waals surface area (Å²) >= 11 is 1.74. The lowest BCUT2D eigenvalue weighted by molar-refractivity contribution is 0.414. The van der Waals surface area contributed by atoms with Crippen molar-refractivity contribution in [1.29, 1.82) is 0 Å². The van der Waals surface area contributed by atoms with Gasteiger partial charge in [0.1, 0.15) is 0 Å². The second kappa shape index (κ2) is 5.19. The van der Waals surface area contributed by atoms with Gasteiger partial charge in [-0.2, -0.15) is 11.3 Å². The van der Waals surface area contributed by atoms with Crippen LogP contribution in [0, 0.1) is 0 Å². The second-order valence-electron chi connectivity index (χ2n) is 5.11. The molecule has 19 heavy (non-hydrogen) atoms. The van der Waals surface area contributed by atoms with Crippen molar-refractivity contribution in [2.24, 2.45) is 0 Å². The van der Waals surface area contributed by atoms with E-state index in [1.54, 1.807) is 11.3 Å². The van der Waals surface area contributed by atoms with Gasteiger partial charge in [0.15, 0.2) is 0 Å². The highest BCUT2D eigenvalue weighted by molar-refractivity contribution is 7.08. The third-order valence-electron chi connectivity index (χ3n) is 3.39. The Kier molecular flexibility index (Phi) is 3.40. The van der Waals surface area contributed by atoms with Crippen LogP contribution in [0.15, 0.2) is 47.3 Å². The fourth-order valence-electron chi connectivity index (χ4n) is 2.30. The summed E-state index contributed by atoms with van der Waals surface area (Å²) in [5.41, 5.74) is 3.95. The Balaban J connectivity index is 1.99. The van der Waals surface area contributed by atoms with Gasteiger partial charge in [-0.05, 0) is 55.0 Å². The Morgan fingerprint density at radius 3 is 2.79 bits per heavy atom. The largest absolute Gasteiger partial charge is 0.316 e. The molecule has 3 heteroatoms. The second-order valence-corrected chi connectivity index (χ2v) is 5.89. The van der Waals surface area contributed by atoms with E-state index in [2.05, 4.69) is 70.9 Å². The van der Waals surface area contributed by atoms with Crippen LogP contribution in [0.1, 0.15) is 5.56 Å². The SMILES string of the molecule is CN(C)CCc1ccc2ccn(-c3ccsc3)c2c1. The maximum atomic E-state index is 2.32. The van der Waals surface area contributed by atoms with E-state index in [-0.39, 0.29) is 0 Å². The summed E-state index contributed by atoms with van der Waals surface area (Å²) in [4.78, 5) is 2.22. The summed E-state index contributed by atoms with van der Waals surface area (Å²) < 4.78 is 2.27. The zero-order valence-electron chi connectivity index (χ0n) is 11.3. The molecule has 0 atom stereocenters. The third-order valence-corrected chi connectivity index (χ3v) is 4.06. The first-order chi connectivity index (χ1) is 9.24. The molecule has 0 radical (unpaired) electrons. The maximum absolute atomic E-state index is 2.32. The normalized spacial score (nSPS) is 11.5. The number of thiophene rings is 1. The Bertz CT molecular complexity index is 665. The van der Waals surface area contributed by atoms with Gasteiger partial charge in [-0.1, -0.05) is 12.1 Å². The van der Waals surface area contributed by atoms with Crippen molar-refractivity contribution in [1.82, 2.24) is 9.47 Å². The van der Waals surface area contributed by atoms with Crippen LogP contribution in [0.4, 0.5) is 0 Å². The van der Waals surface area contributed by atoms with Crippen molar-refractivity contribution < 1.29 is 0 Å². The molecule has 98 valence electrons. The number of hydrogen-bond donors (Lipinski definition) is 0. The molecule has 3 aromatic rings. The fourth-order valence-corrected chi connectivity index (χ4v) is 2.93. The molecule has 0 bridgehead atoms. The van der Waals surface area contributed by atoms with Crippen LogP contribution in [-0.2, 0) is 6.42 Å². The molecule has 0 aliphatic heterocycles. The molecule has 0 amide bonds. The van der Waals surface area contributed by atoms with Crippen LogP contribution in [0.5, 0.6) is 0 Å². The zero-order valence-corrected chi connectivity index (χ0v) is 12.2. The first-order valence-corrected chi connectivity index (χ1v) is 7.45. The maximum Gasteiger partial charge on any atom is 0.0562 e. The Hall–Kier alpha value is -1.58. The molecular formula is C16H18N2S. The van der Waals surface area contributed by atoms with Crippen molar-refractivity contribution in [3.05, 3.63) is 52.9 Å². The Morgan fingerprint density at radius 2 is 2.05 bits per heavy atom. The minimum atomic E-state index is 1.09. The smallest absolute Gasteiger partial charge is 0.0562 e. The molecule has 2 nitrogen and oxygen atoms in total. The van der Waals surface area contributed by atoms with Crippen molar-refractivity contribution in [2.45, 2.75) is 6.42 Å². The number of hydrogen-bond acceptors (Lipinski definition) is 2. The molecule has 0 saturated heterocycles. The highest BCUT2D eigenvalue weighted by Crippen LogP contribution is 2.23. The standard InChI is InChI=1S/C16H18N2S/c1-17(2)8-5-13-3-4-14-6-9-18(16(14)11-13)15-7-10-19-12-15/h3-4,6-7,9-12H,5,8H2,1-2H3. The van der Waals surface area contributed by atoms with E-state index in [4.69, 9.17) is 0 Å². The van der Waals surface area contributed by atoms with Crippen LogP contribution in [0.25, 0.3) is 16.6 Å². The zero-order chi connectivity index (χ0) is 13.2. The minimum absolute atomic E-state index is 1.09. The summed E-state index contributed by atoms with van der Waals surface area (Å²) in [7, 11) is 4.24. The first kappa shape index (κ1) is 12.5. The van der Waals surface area contributed by atoms with Gasteiger partial charge in [-0.3, -0.25) is 0 Å². The Labute approximate surface area is 117 Å². The van der Waals surface area contributed by atoms with Crippen LogP contribution in [-0.4, -0.2) is 30.1 Å². The van der Waals surface area contributed by atoms with E-state index in [0.717, 1.165) is 13.0 Å². The number of nitrogens with zero attached hydrogens (tertiary/aromatic N) is 2. The van der Waals surface area contributed by atoms with Gasteiger partial charge in [0.25, 0.3) is 0 Å². The quantitative estimate of drug-likeness (QED) is 0.700. The van der Waals surface area contributed by atoms with Crippen LogP contribution in [0.3, 0.4) is 0 Å². The molecule has 2 aromatic heterocycles. The van der Waals surface area contributed by atoms with E-state index in [1.807, 2.05) is 0 Å². The molecule has 1 aromatic carbocycles. The number of fused-ring (bicyclic) bond motifs is 1. The number of aromatic nitrogens is 1. The molecule has 0 aliphatic rings. The molecule has 0 saturated carbocycles. The van der Waals surface area contributed by atoms with Gasteiger partial charge < -0.3 is 9.47 Å². The average Bonchev–Trinajstić information content (AvgIpc) is 3.04. The number of likely N-dealkylation sites (N-methyl/N-ethyl adjacent to an activating group) is 1. The lowest BCUT2D eigenvalue weighted by atomic mass is 10.1. The molecule has 0 N–H and O–H groups in total. The molecule has 0 spiro atoms. The van der Waals surface area contributed by atoms with E-state index >= 15 is 0 Å². The van der Waals surface area contributed by atoms with E-state index in [0.29, 0.717) is 0 Å². The van der Waals surface area contributed by atoms with Crippen molar-refractivity contribution in [3.63, 3.8) is 0 Å². The molecule has 0 unspecified atom stereocenters. The van der Waals surface area contributed by atoms with Crippen LogP contribution >= 0.6 is 11.3 Å². The summed E-state index contributed by atoms with van der Waals surface area (Å²) in [6.07, 6.45) is 3.25. The summed E-state index contributed by atoms with van der Waals surface area (Å²) in [5.74, 6) is 0. The van der Waals surface area contributed by atoms with Crippen molar-refractivity contribution >= 4 is 22.2 Å². The van der Waals surface area contributed by atoms with Gasteiger partial charge in [0.2, 0.25) is 0 Å². The fraction of sp³-hybridized carbons (Fsp3) is 0.250. The van der Waals surface area contributed by atoms with Gasteiger partial charge in [0, 0.05) is 18.1 Å². The lowest BCUT2D eigenvalue weighted by Crippen LogP contribution is -2.14. The monoisotopic (exact) mass is 270 g/mol. The Morgan fingerprint density at radius 1 is 1.16 bits per heavy atom. The van der Waals surface area contributed by atoms with Crippen LogP contribution < -0.4 is 0 Å². The van der Waals surface area contributed by atoms with Crippen molar-refractivity contribution in [2.75, 3.05) is 20.6 Å². The average molecular weight is 270 g/mol. The summed E-state index contributed by atoms with van der Waals surface area (Å²) in [6.45, 7) is 1.09. The third kappa shape index (κ3) is 2.57. The lowest BCUT2D eigenvalue weighted by Gasteiger charge is -2.10. The predicted octanol–water partition coefficient (Wildman–Crippen LogP) is 3.80. The summed E-state index contributed by atoms with van der Waals surface area (Å²) in [6, 6.07) is 11.1. The van der Waals surface area contributed by atoms with Gasteiger partial charge in [-0.25, -0.2) is 0 Å². The van der Waals surface area contributed by atoms with E-state index < -0.39 is 0 Å². The number of benzene rings is 1. The van der Waals surface area contributed by atoms with Crippen LogP contribution in [0.2, 0.25) is 0 Å². The predicted molar refractivity (Wildman–Crippen MR) is 83.4 cm³/mol. The highest BCUT2D eigenvalue weighted by atomic mass is 32.1. The van der Waals surface area contributed by atoms with Crippen molar-refractivity contribution in [3.8, 4) is 5.69 Å². The number of rotatable bonds is 4.